The van der Waals surface area contributed by atoms with E-state index < -0.39 is 0 Å². The zero-order chi connectivity index (χ0) is 22.5. The number of nitrogens with one attached hydrogen (secondary N) is 1. The number of hydrogen-bond acceptors (Lipinski definition) is 6. The number of aromatic amines is 1. The van der Waals surface area contributed by atoms with Gasteiger partial charge < -0.3 is 19.3 Å². The summed E-state index contributed by atoms with van der Waals surface area (Å²) < 4.78 is 10.7. The first kappa shape index (κ1) is 22.3. The Morgan fingerprint density at radius 1 is 1.25 bits per heavy atom. The van der Waals surface area contributed by atoms with Gasteiger partial charge in [0.2, 0.25) is 5.91 Å². The fourth-order valence-corrected chi connectivity index (χ4v) is 4.38. The van der Waals surface area contributed by atoms with Gasteiger partial charge in [0.1, 0.15) is 11.4 Å². The molecule has 1 aromatic heterocycles. The number of aromatic nitrogens is 2. The normalized spacial score (nSPS) is 19.2. The van der Waals surface area contributed by atoms with Crippen LogP contribution in [0.5, 0.6) is 5.75 Å². The molecule has 4 rings (SSSR count). The van der Waals surface area contributed by atoms with Crippen molar-refractivity contribution < 1.29 is 19.1 Å². The number of carbonyl (C=O) groups excluding carboxylic acids is 2. The predicted octanol–water partition coefficient (Wildman–Crippen LogP) is 1.48. The Hall–Kier alpha value is -2.91. The van der Waals surface area contributed by atoms with Crippen LogP contribution in [-0.4, -0.2) is 102 Å². The van der Waals surface area contributed by atoms with E-state index in [-0.39, 0.29) is 17.9 Å². The van der Waals surface area contributed by atoms with Crippen molar-refractivity contribution in [2.45, 2.75) is 19.4 Å². The maximum atomic E-state index is 13.1. The van der Waals surface area contributed by atoms with Gasteiger partial charge in [0.25, 0.3) is 5.91 Å². The molecular formula is C23H31N5O4. The van der Waals surface area contributed by atoms with Crippen LogP contribution in [0.4, 0.5) is 0 Å². The van der Waals surface area contributed by atoms with Gasteiger partial charge >= 0.3 is 0 Å². The van der Waals surface area contributed by atoms with Crippen molar-refractivity contribution in [2.24, 2.45) is 0 Å². The maximum absolute atomic E-state index is 13.1. The van der Waals surface area contributed by atoms with Crippen LogP contribution in [0.15, 0.2) is 30.3 Å². The second kappa shape index (κ2) is 10.1. The summed E-state index contributed by atoms with van der Waals surface area (Å²) >= 11 is 0. The van der Waals surface area contributed by atoms with Gasteiger partial charge in [-0.2, -0.15) is 5.10 Å². The van der Waals surface area contributed by atoms with E-state index >= 15 is 0 Å². The van der Waals surface area contributed by atoms with E-state index in [9.17, 15) is 9.59 Å². The fourth-order valence-electron chi connectivity index (χ4n) is 4.38. The molecule has 0 spiro atoms. The van der Waals surface area contributed by atoms with E-state index in [2.05, 4.69) is 15.1 Å². The van der Waals surface area contributed by atoms with E-state index in [4.69, 9.17) is 9.47 Å². The Bertz CT molecular complexity index is 940. The lowest BCUT2D eigenvalue weighted by molar-refractivity contribution is -0.131. The topological polar surface area (TPSA) is 91.0 Å². The predicted molar refractivity (Wildman–Crippen MR) is 120 cm³/mol. The van der Waals surface area contributed by atoms with E-state index in [1.165, 1.54) is 0 Å². The molecule has 2 aromatic rings. The van der Waals surface area contributed by atoms with Crippen molar-refractivity contribution in [2.75, 3.05) is 59.6 Å². The second-order valence-corrected chi connectivity index (χ2v) is 8.26. The number of amides is 2. The Labute approximate surface area is 188 Å². The van der Waals surface area contributed by atoms with Crippen LogP contribution in [0, 0.1) is 0 Å². The molecule has 0 bridgehead atoms. The number of benzene rings is 1. The lowest BCUT2D eigenvalue weighted by atomic mass is 10.1. The molecule has 0 saturated carbocycles. The largest absolute Gasteiger partial charge is 0.497 e. The molecule has 32 heavy (non-hydrogen) atoms. The Morgan fingerprint density at radius 3 is 2.81 bits per heavy atom. The third-order valence-electron chi connectivity index (χ3n) is 6.23. The number of hydrogen-bond donors (Lipinski definition) is 1. The van der Waals surface area contributed by atoms with Crippen LogP contribution >= 0.6 is 0 Å². The molecule has 2 saturated heterocycles. The zero-order valence-electron chi connectivity index (χ0n) is 18.7. The van der Waals surface area contributed by atoms with Gasteiger partial charge in [-0.25, -0.2) is 0 Å². The standard InChI is InChI=1S/C23H31N5O4/c1-17(29)28(9-8-26-10-12-32-13-11-26)19-6-7-27(16-19)23(30)22-15-21(24-25-22)18-4-3-5-20(14-18)31-2/h3-5,14-15,19H,6-13,16H2,1-2H3,(H,24,25). The molecule has 2 fully saturated rings. The SMILES string of the molecule is COc1cccc(-c2cc(C(=O)N3CCC(N(CCN4CCOCC4)C(C)=O)C3)[nH]n2)c1. The molecule has 1 aromatic carbocycles. The summed E-state index contributed by atoms with van der Waals surface area (Å²) in [5.74, 6) is 0.701. The minimum absolute atomic E-state index is 0.0401. The number of ether oxygens (including phenoxy) is 2. The molecular weight excluding hydrogens is 410 g/mol. The Balaban J connectivity index is 1.37. The van der Waals surface area contributed by atoms with Crippen molar-refractivity contribution in [3.63, 3.8) is 0 Å². The Kier molecular flexibility index (Phi) is 7.06. The van der Waals surface area contributed by atoms with Crippen molar-refractivity contribution in [1.82, 2.24) is 24.9 Å². The van der Waals surface area contributed by atoms with Crippen LogP contribution in [0.1, 0.15) is 23.8 Å². The van der Waals surface area contributed by atoms with Gasteiger partial charge in [-0.15, -0.1) is 0 Å². The molecule has 3 heterocycles. The average molecular weight is 442 g/mol. The van der Waals surface area contributed by atoms with Crippen LogP contribution in [0.2, 0.25) is 0 Å². The molecule has 2 amide bonds. The van der Waals surface area contributed by atoms with Gasteiger partial charge in [-0.3, -0.25) is 19.6 Å². The summed E-state index contributed by atoms with van der Waals surface area (Å²) in [6.45, 7) is 7.56. The monoisotopic (exact) mass is 441 g/mol. The minimum Gasteiger partial charge on any atom is -0.497 e. The first-order valence-corrected chi connectivity index (χ1v) is 11.1. The van der Waals surface area contributed by atoms with Crippen molar-refractivity contribution in [1.29, 1.82) is 0 Å². The summed E-state index contributed by atoms with van der Waals surface area (Å²) in [6.07, 6.45) is 0.783. The van der Waals surface area contributed by atoms with Gasteiger partial charge in [0.15, 0.2) is 0 Å². The van der Waals surface area contributed by atoms with Gasteiger partial charge in [-0.05, 0) is 24.6 Å². The lowest BCUT2D eigenvalue weighted by Gasteiger charge is -2.32. The highest BCUT2D eigenvalue weighted by molar-refractivity contribution is 5.93. The molecule has 1 N–H and O–H groups in total. The van der Waals surface area contributed by atoms with E-state index in [1.54, 1.807) is 25.0 Å². The summed E-state index contributed by atoms with van der Waals surface area (Å²) in [6, 6.07) is 9.38. The van der Waals surface area contributed by atoms with Gasteiger partial charge in [0, 0.05) is 51.8 Å². The second-order valence-electron chi connectivity index (χ2n) is 8.26. The van der Waals surface area contributed by atoms with Crippen LogP contribution in [0.3, 0.4) is 0 Å². The average Bonchev–Trinajstić information content (AvgIpc) is 3.50. The summed E-state index contributed by atoms with van der Waals surface area (Å²) in [5.41, 5.74) is 2.02. The molecule has 0 radical (unpaired) electrons. The highest BCUT2D eigenvalue weighted by atomic mass is 16.5. The molecule has 1 atom stereocenters. The lowest BCUT2D eigenvalue weighted by Crippen LogP contribution is -2.47. The number of morpholine rings is 1. The first-order valence-electron chi connectivity index (χ1n) is 11.1. The molecule has 2 aliphatic heterocycles. The minimum atomic E-state index is -0.0918. The van der Waals surface area contributed by atoms with E-state index in [0.29, 0.717) is 31.0 Å². The van der Waals surface area contributed by atoms with Crippen molar-refractivity contribution >= 4 is 11.8 Å². The molecule has 9 nitrogen and oxygen atoms in total. The first-order chi connectivity index (χ1) is 15.5. The highest BCUT2D eigenvalue weighted by Gasteiger charge is 2.33. The Morgan fingerprint density at radius 2 is 2.06 bits per heavy atom. The number of likely N-dealkylation sites (tertiary alicyclic amines) is 1. The van der Waals surface area contributed by atoms with E-state index in [0.717, 1.165) is 50.6 Å². The number of H-pyrrole nitrogens is 1. The number of methoxy groups -OCH3 is 1. The summed E-state index contributed by atoms with van der Waals surface area (Å²) in [5, 5.41) is 7.18. The highest BCUT2D eigenvalue weighted by Crippen LogP contribution is 2.24. The molecule has 2 aliphatic rings. The van der Waals surface area contributed by atoms with E-state index in [1.807, 2.05) is 29.2 Å². The van der Waals surface area contributed by atoms with Gasteiger partial charge in [0.05, 0.1) is 32.1 Å². The number of carbonyl (C=O) groups is 2. The third kappa shape index (κ3) is 5.11. The molecule has 172 valence electrons. The molecule has 0 aliphatic carbocycles. The molecule has 1 unspecified atom stereocenters. The third-order valence-corrected chi connectivity index (χ3v) is 6.23. The quantitative estimate of drug-likeness (QED) is 0.700. The number of rotatable bonds is 7. The van der Waals surface area contributed by atoms with Crippen LogP contribution in [0.25, 0.3) is 11.3 Å². The summed E-state index contributed by atoms with van der Waals surface area (Å²) in [4.78, 5) is 31.4. The van der Waals surface area contributed by atoms with Crippen LogP contribution in [-0.2, 0) is 9.53 Å². The van der Waals surface area contributed by atoms with Crippen molar-refractivity contribution in [3.8, 4) is 17.0 Å². The number of nitrogens with zero attached hydrogens (tertiary/aromatic N) is 4. The maximum Gasteiger partial charge on any atom is 0.271 e. The molecule has 9 heteroatoms. The zero-order valence-corrected chi connectivity index (χ0v) is 18.7. The summed E-state index contributed by atoms with van der Waals surface area (Å²) in [7, 11) is 1.62. The van der Waals surface area contributed by atoms with Crippen molar-refractivity contribution in [3.05, 3.63) is 36.0 Å². The smallest absolute Gasteiger partial charge is 0.271 e. The van der Waals surface area contributed by atoms with Gasteiger partial charge in [-0.1, -0.05) is 12.1 Å². The fraction of sp³-hybridized carbons (Fsp3) is 0.522. The van der Waals surface area contributed by atoms with Crippen LogP contribution < -0.4 is 4.74 Å².